The molecule has 25 heavy (non-hydrogen) atoms. The Bertz CT molecular complexity index is 955. The molecule has 1 aromatic heterocycles. The van der Waals surface area contributed by atoms with Gasteiger partial charge in [0.15, 0.2) is 0 Å². The van der Waals surface area contributed by atoms with Crippen LogP contribution in [0.1, 0.15) is 34.3 Å². The molecule has 3 heteroatoms. The molecule has 1 saturated heterocycles. The number of benzene rings is 2. The molecule has 3 nitrogen and oxygen atoms in total. The fraction of sp³-hybridized carbons (Fsp3) is 0.273. The smallest absolute Gasteiger partial charge is 0.254 e. The van der Waals surface area contributed by atoms with Crippen molar-refractivity contribution < 1.29 is 4.79 Å². The van der Waals surface area contributed by atoms with Crippen LogP contribution < -0.4 is 0 Å². The molecule has 2 heterocycles. The summed E-state index contributed by atoms with van der Waals surface area (Å²) in [4.78, 5) is 19.9. The van der Waals surface area contributed by atoms with E-state index >= 15 is 0 Å². The van der Waals surface area contributed by atoms with Crippen LogP contribution in [0.3, 0.4) is 0 Å². The van der Waals surface area contributed by atoms with Crippen molar-refractivity contribution in [1.82, 2.24) is 9.88 Å². The highest BCUT2D eigenvalue weighted by atomic mass is 16.2. The molecule has 0 aliphatic carbocycles. The van der Waals surface area contributed by atoms with Crippen molar-refractivity contribution in [3.8, 4) is 11.3 Å². The Morgan fingerprint density at radius 1 is 1.00 bits per heavy atom. The number of amides is 1. The van der Waals surface area contributed by atoms with Crippen LogP contribution in [-0.4, -0.2) is 28.9 Å². The Labute approximate surface area is 148 Å². The van der Waals surface area contributed by atoms with Crippen LogP contribution in [0, 0.1) is 13.8 Å². The molecule has 1 fully saturated rings. The van der Waals surface area contributed by atoms with E-state index in [0.717, 1.165) is 53.7 Å². The van der Waals surface area contributed by atoms with Gasteiger partial charge in [-0.1, -0.05) is 35.9 Å². The van der Waals surface area contributed by atoms with Gasteiger partial charge in [-0.05, 0) is 50.5 Å². The zero-order chi connectivity index (χ0) is 17.4. The first kappa shape index (κ1) is 15.8. The van der Waals surface area contributed by atoms with Gasteiger partial charge in [0, 0.05) is 24.0 Å². The van der Waals surface area contributed by atoms with Crippen LogP contribution in [0.2, 0.25) is 0 Å². The molecular weight excluding hydrogens is 308 g/mol. The normalized spacial score (nSPS) is 14.2. The number of fused-ring (bicyclic) bond motifs is 1. The lowest BCUT2D eigenvalue weighted by atomic mass is 9.99. The molecule has 0 saturated carbocycles. The van der Waals surface area contributed by atoms with Gasteiger partial charge in [0.1, 0.15) is 0 Å². The summed E-state index contributed by atoms with van der Waals surface area (Å²) in [6.07, 6.45) is 2.19. The van der Waals surface area contributed by atoms with Gasteiger partial charge in [0.2, 0.25) is 0 Å². The second kappa shape index (κ2) is 6.32. The lowest BCUT2D eigenvalue weighted by Gasteiger charge is -2.18. The molecule has 4 rings (SSSR count). The van der Waals surface area contributed by atoms with E-state index in [2.05, 4.69) is 32.0 Å². The summed E-state index contributed by atoms with van der Waals surface area (Å²) in [7, 11) is 0. The maximum absolute atomic E-state index is 13.1. The Balaban J connectivity index is 1.92. The van der Waals surface area contributed by atoms with Crippen LogP contribution in [0.25, 0.3) is 22.2 Å². The number of aromatic nitrogens is 1. The van der Waals surface area contributed by atoms with Gasteiger partial charge in [-0.2, -0.15) is 0 Å². The van der Waals surface area contributed by atoms with E-state index in [1.165, 1.54) is 11.1 Å². The SMILES string of the molecule is Cc1ccc(C)c(-c2cc(C(=O)N3CCCC3)c3ccccc3n2)c1. The first-order valence-electron chi connectivity index (χ1n) is 8.90. The van der Waals surface area contributed by atoms with Gasteiger partial charge in [0.25, 0.3) is 5.91 Å². The summed E-state index contributed by atoms with van der Waals surface area (Å²) in [6, 6.07) is 16.3. The predicted octanol–water partition coefficient (Wildman–Crippen LogP) is 4.75. The van der Waals surface area contributed by atoms with E-state index < -0.39 is 0 Å². The second-order valence-electron chi connectivity index (χ2n) is 6.89. The lowest BCUT2D eigenvalue weighted by Crippen LogP contribution is -2.27. The Kier molecular flexibility index (Phi) is 4.00. The highest BCUT2D eigenvalue weighted by Crippen LogP contribution is 2.29. The molecule has 1 aliphatic heterocycles. The number of aryl methyl sites for hydroxylation is 2. The fourth-order valence-electron chi connectivity index (χ4n) is 3.59. The van der Waals surface area contributed by atoms with E-state index in [1.807, 2.05) is 35.2 Å². The Morgan fingerprint density at radius 2 is 1.76 bits per heavy atom. The molecule has 2 aromatic carbocycles. The molecule has 0 radical (unpaired) electrons. The first-order chi connectivity index (χ1) is 12.1. The maximum atomic E-state index is 13.1. The van der Waals surface area contributed by atoms with E-state index in [0.29, 0.717) is 0 Å². The zero-order valence-corrected chi connectivity index (χ0v) is 14.7. The number of carbonyl (C=O) groups is 1. The molecule has 0 atom stereocenters. The Morgan fingerprint density at radius 3 is 2.56 bits per heavy atom. The van der Waals surface area contributed by atoms with Crippen LogP contribution in [-0.2, 0) is 0 Å². The van der Waals surface area contributed by atoms with E-state index in [4.69, 9.17) is 4.98 Å². The van der Waals surface area contributed by atoms with Gasteiger partial charge in [-0.15, -0.1) is 0 Å². The summed E-state index contributed by atoms with van der Waals surface area (Å²) >= 11 is 0. The fourth-order valence-corrected chi connectivity index (χ4v) is 3.59. The van der Waals surface area contributed by atoms with Gasteiger partial charge < -0.3 is 4.90 Å². The molecule has 0 spiro atoms. The first-order valence-corrected chi connectivity index (χ1v) is 8.90. The summed E-state index contributed by atoms with van der Waals surface area (Å²) in [5.41, 5.74) is 5.99. The zero-order valence-electron chi connectivity index (χ0n) is 14.7. The van der Waals surface area contributed by atoms with Crippen molar-refractivity contribution in [2.75, 3.05) is 13.1 Å². The quantitative estimate of drug-likeness (QED) is 0.679. The summed E-state index contributed by atoms with van der Waals surface area (Å²) in [5.74, 6) is 0.127. The molecule has 0 bridgehead atoms. The minimum Gasteiger partial charge on any atom is -0.339 e. The van der Waals surface area contributed by atoms with Crippen molar-refractivity contribution in [3.05, 3.63) is 65.2 Å². The van der Waals surface area contributed by atoms with Crippen LogP contribution in [0.15, 0.2) is 48.5 Å². The monoisotopic (exact) mass is 330 g/mol. The van der Waals surface area contributed by atoms with Crippen LogP contribution in [0.4, 0.5) is 0 Å². The molecular formula is C22H22N2O. The van der Waals surface area contributed by atoms with Crippen molar-refractivity contribution in [1.29, 1.82) is 0 Å². The summed E-state index contributed by atoms with van der Waals surface area (Å²) in [6.45, 7) is 5.89. The van der Waals surface area contributed by atoms with Gasteiger partial charge in [0.05, 0.1) is 16.8 Å². The average molecular weight is 330 g/mol. The number of pyridine rings is 1. The minimum atomic E-state index is 0.127. The van der Waals surface area contributed by atoms with Crippen molar-refractivity contribution in [2.24, 2.45) is 0 Å². The highest BCUT2D eigenvalue weighted by molar-refractivity contribution is 6.07. The van der Waals surface area contributed by atoms with Crippen molar-refractivity contribution >= 4 is 16.8 Å². The third-order valence-corrected chi connectivity index (χ3v) is 5.01. The van der Waals surface area contributed by atoms with E-state index in [1.54, 1.807) is 0 Å². The van der Waals surface area contributed by atoms with Gasteiger partial charge in [-0.25, -0.2) is 4.98 Å². The molecule has 0 unspecified atom stereocenters. The van der Waals surface area contributed by atoms with Crippen molar-refractivity contribution in [2.45, 2.75) is 26.7 Å². The number of nitrogens with zero attached hydrogens (tertiary/aromatic N) is 2. The number of carbonyl (C=O) groups excluding carboxylic acids is 1. The number of rotatable bonds is 2. The van der Waals surface area contributed by atoms with E-state index in [9.17, 15) is 4.79 Å². The predicted molar refractivity (Wildman–Crippen MR) is 102 cm³/mol. The van der Waals surface area contributed by atoms with Gasteiger partial charge >= 0.3 is 0 Å². The third kappa shape index (κ3) is 2.91. The largest absolute Gasteiger partial charge is 0.339 e. The molecule has 0 N–H and O–H groups in total. The lowest BCUT2D eigenvalue weighted by molar-refractivity contribution is 0.0794. The van der Waals surface area contributed by atoms with E-state index in [-0.39, 0.29) is 5.91 Å². The maximum Gasteiger partial charge on any atom is 0.254 e. The summed E-state index contributed by atoms with van der Waals surface area (Å²) in [5, 5.41) is 0.938. The Hall–Kier alpha value is -2.68. The number of para-hydroxylation sites is 1. The molecule has 1 aliphatic rings. The molecule has 126 valence electrons. The second-order valence-corrected chi connectivity index (χ2v) is 6.89. The highest BCUT2D eigenvalue weighted by Gasteiger charge is 2.22. The van der Waals surface area contributed by atoms with Gasteiger partial charge in [-0.3, -0.25) is 4.79 Å². The number of hydrogen-bond acceptors (Lipinski definition) is 2. The van der Waals surface area contributed by atoms with Crippen molar-refractivity contribution in [3.63, 3.8) is 0 Å². The van der Waals surface area contributed by atoms with Crippen LogP contribution >= 0.6 is 0 Å². The average Bonchev–Trinajstić information content (AvgIpc) is 3.17. The standard InChI is InChI=1S/C22H22N2O/c1-15-9-10-16(2)18(13-15)21-14-19(22(25)24-11-5-6-12-24)17-7-3-4-8-20(17)23-21/h3-4,7-10,13-14H,5-6,11-12H2,1-2H3. The third-order valence-electron chi connectivity index (χ3n) is 5.01. The number of likely N-dealkylation sites (tertiary alicyclic amines) is 1. The topological polar surface area (TPSA) is 33.2 Å². The van der Waals surface area contributed by atoms with Crippen LogP contribution in [0.5, 0.6) is 0 Å². The molecule has 3 aromatic rings. The molecule has 1 amide bonds. The summed E-state index contributed by atoms with van der Waals surface area (Å²) < 4.78 is 0. The minimum absolute atomic E-state index is 0.127. The number of hydrogen-bond donors (Lipinski definition) is 0.